The van der Waals surface area contributed by atoms with Crippen LogP contribution in [0.25, 0.3) is 0 Å². The van der Waals surface area contributed by atoms with Gasteiger partial charge in [0.05, 0.1) is 5.60 Å². The van der Waals surface area contributed by atoms with Crippen LogP contribution >= 0.6 is 7.82 Å². The molecule has 0 aliphatic carbocycles. The first-order valence-corrected chi connectivity index (χ1v) is 12.2. The fourth-order valence-corrected chi connectivity index (χ4v) is 3.99. The highest BCUT2D eigenvalue weighted by atomic mass is 31.2. The summed E-state index contributed by atoms with van der Waals surface area (Å²) in [6.45, 7) is 10.1. The van der Waals surface area contributed by atoms with Gasteiger partial charge in [0.25, 0.3) is 0 Å². The molecule has 3 aromatic rings. The van der Waals surface area contributed by atoms with E-state index < -0.39 is 25.0 Å². The van der Waals surface area contributed by atoms with Gasteiger partial charge in [-0.05, 0) is 27.7 Å². The van der Waals surface area contributed by atoms with E-state index >= 15 is 0 Å². The van der Waals surface area contributed by atoms with E-state index in [9.17, 15) is 9.36 Å². The molecule has 34 heavy (non-hydrogen) atoms. The largest absolute Gasteiger partial charge is 0.470 e. The van der Waals surface area contributed by atoms with E-state index in [1.807, 2.05) is 91.0 Å². The van der Waals surface area contributed by atoms with E-state index in [0.29, 0.717) is 5.57 Å². The van der Waals surface area contributed by atoms with Crippen LogP contribution in [0.15, 0.2) is 103 Å². The van der Waals surface area contributed by atoms with Crippen molar-refractivity contribution in [2.24, 2.45) is 0 Å². The van der Waals surface area contributed by atoms with Crippen LogP contribution in [-0.2, 0) is 24.2 Å². The molecule has 0 bridgehead atoms. The number of hydrogen-bond acceptors (Lipinski definition) is 4. The molecule has 6 nitrogen and oxygen atoms in total. The summed E-state index contributed by atoms with van der Waals surface area (Å²) in [5, 5.41) is 0. The van der Waals surface area contributed by atoms with Gasteiger partial charge in [0.1, 0.15) is 0 Å². The summed E-state index contributed by atoms with van der Waals surface area (Å²) in [6, 6.07) is 29.4. The number of ether oxygens (including phenoxy) is 1. The van der Waals surface area contributed by atoms with Gasteiger partial charge in [-0.1, -0.05) is 97.6 Å². The Bertz CT molecular complexity index is 1020. The number of rotatable bonds is 6. The molecule has 0 heterocycles. The van der Waals surface area contributed by atoms with E-state index in [2.05, 4.69) is 11.1 Å². The topological polar surface area (TPSA) is 93.1 Å². The molecule has 0 aliphatic rings. The van der Waals surface area contributed by atoms with Gasteiger partial charge in [0.2, 0.25) is 0 Å². The van der Waals surface area contributed by atoms with Crippen molar-refractivity contribution >= 4 is 13.8 Å². The fourth-order valence-electron chi connectivity index (χ4n) is 3.28. The Kier molecular flexibility index (Phi) is 9.14. The van der Waals surface area contributed by atoms with E-state index in [-0.39, 0.29) is 0 Å². The Morgan fingerprint density at radius 1 is 0.765 bits per heavy atom. The molecule has 0 fully saturated rings. The summed E-state index contributed by atoms with van der Waals surface area (Å²) in [6.07, 6.45) is 0. The molecule has 0 radical (unpaired) electrons. The van der Waals surface area contributed by atoms with Crippen molar-refractivity contribution in [3.05, 3.63) is 120 Å². The summed E-state index contributed by atoms with van der Waals surface area (Å²) in [5.41, 5.74) is 1.23. The predicted molar refractivity (Wildman–Crippen MR) is 133 cm³/mol. The van der Waals surface area contributed by atoms with E-state index in [1.54, 1.807) is 27.7 Å². The number of carbonyl (C=O) groups excluding carboxylic acids is 1. The summed E-state index contributed by atoms with van der Waals surface area (Å²) in [7, 11) is -4.29. The normalized spacial score (nSPS) is 11.7. The Hall–Kier alpha value is -3.02. The lowest BCUT2D eigenvalue weighted by atomic mass is 9.80. The van der Waals surface area contributed by atoms with Crippen LogP contribution in [0.3, 0.4) is 0 Å². The van der Waals surface area contributed by atoms with Gasteiger partial charge >= 0.3 is 13.8 Å². The lowest BCUT2D eigenvalue weighted by molar-refractivity contribution is -0.148. The van der Waals surface area contributed by atoms with Gasteiger partial charge in [0.15, 0.2) is 5.60 Å². The van der Waals surface area contributed by atoms with Crippen LogP contribution in [0.5, 0.6) is 0 Å². The zero-order chi connectivity index (χ0) is 25.4. The molecular weight excluding hydrogens is 451 g/mol. The number of hydrogen-bond donors (Lipinski definition) is 2. The minimum absolute atomic E-state index is 0.368. The summed E-state index contributed by atoms with van der Waals surface area (Å²) < 4.78 is 20.5. The Morgan fingerprint density at radius 2 is 1.09 bits per heavy atom. The zero-order valence-electron chi connectivity index (χ0n) is 19.8. The minimum atomic E-state index is -4.29. The molecule has 2 N–H and O–H groups in total. The molecule has 180 valence electrons. The first-order valence-electron chi connectivity index (χ1n) is 10.7. The lowest BCUT2D eigenvalue weighted by Crippen LogP contribution is -2.35. The molecule has 0 spiro atoms. The van der Waals surface area contributed by atoms with E-state index in [0.717, 1.165) is 16.7 Å². The Morgan fingerprint density at radius 3 is 1.29 bits per heavy atom. The average Bonchev–Trinajstić information content (AvgIpc) is 2.77. The maximum Gasteiger partial charge on any atom is 0.470 e. The smallest absolute Gasteiger partial charge is 0.441 e. The maximum atomic E-state index is 12.6. The number of carbonyl (C=O) groups is 1. The number of benzene rings is 3. The summed E-state index contributed by atoms with van der Waals surface area (Å²) in [5.74, 6) is -0.420. The van der Waals surface area contributed by atoms with Crippen LogP contribution in [0.2, 0.25) is 0 Å². The molecule has 0 unspecified atom stereocenters. The third-order valence-electron chi connectivity index (χ3n) is 4.53. The zero-order valence-corrected chi connectivity index (χ0v) is 20.7. The van der Waals surface area contributed by atoms with Gasteiger partial charge < -0.3 is 14.5 Å². The highest BCUT2D eigenvalue weighted by Crippen LogP contribution is 2.41. The Labute approximate surface area is 201 Å². The highest BCUT2D eigenvalue weighted by Gasteiger charge is 2.40. The quantitative estimate of drug-likeness (QED) is 0.194. The van der Waals surface area contributed by atoms with Crippen molar-refractivity contribution in [2.45, 2.75) is 38.9 Å². The molecule has 0 atom stereocenters. The molecule has 7 heteroatoms. The molecule has 0 aromatic heterocycles. The second-order valence-corrected chi connectivity index (χ2v) is 9.81. The first-order chi connectivity index (χ1) is 15.8. The molecule has 3 rings (SSSR count). The standard InChI is InChI=1S/C23H20O2.C4H11O4P/c1-18(2)22(24)25-23(19-12-6-3-7-13-19,20-14-8-4-9-15-20)21-16-10-5-11-17-21;1-4(2,3)8-9(5,6)7/h3-17H,1H2,2H3;1-3H3,(H2,5,6,7). The fraction of sp³-hybridized carbons (Fsp3) is 0.222. The molecular formula is C27H31O6P. The van der Waals surface area contributed by atoms with Crippen LogP contribution in [0.4, 0.5) is 0 Å². The third kappa shape index (κ3) is 7.79. The van der Waals surface area contributed by atoms with Gasteiger partial charge in [0, 0.05) is 22.3 Å². The summed E-state index contributed by atoms with van der Waals surface area (Å²) in [4.78, 5) is 29.0. The second kappa shape index (κ2) is 11.4. The monoisotopic (exact) mass is 482 g/mol. The first kappa shape index (κ1) is 27.2. The Balaban J connectivity index is 0.000000387. The SMILES string of the molecule is C=C(C)C(=O)OC(c1ccccc1)(c1ccccc1)c1ccccc1.CC(C)(C)OP(=O)(O)O. The van der Waals surface area contributed by atoms with Crippen LogP contribution in [-0.4, -0.2) is 21.4 Å². The van der Waals surface area contributed by atoms with Crippen molar-refractivity contribution in [1.29, 1.82) is 0 Å². The van der Waals surface area contributed by atoms with E-state index in [4.69, 9.17) is 14.5 Å². The lowest BCUT2D eigenvalue weighted by Gasteiger charge is -2.35. The predicted octanol–water partition coefficient (Wildman–Crippen LogP) is 5.99. The van der Waals surface area contributed by atoms with Gasteiger partial charge in [-0.25, -0.2) is 9.36 Å². The van der Waals surface area contributed by atoms with Crippen molar-refractivity contribution in [2.75, 3.05) is 0 Å². The highest BCUT2D eigenvalue weighted by molar-refractivity contribution is 7.46. The minimum Gasteiger partial charge on any atom is -0.441 e. The molecule has 0 aliphatic heterocycles. The van der Waals surface area contributed by atoms with Crippen LogP contribution in [0, 0.1) is 0 Å². The van der Waals surface area contributed by atoms with Gasteiger partial charge in [-0.3, -0.25) is 4.52 Å². The maximum absolute atomic E-state index is 12.6. The van der Waals surface area contributed by atoms with Crippen molar-refractivity contribution in [1.82, 2.24) is 0 Å². The van der Waals surface area contributed by atoms with Crippen LogP contribution < -0.4 is 0 Å². The summed E-state index contributed by atoms with van der Waals surface area (Å²) >= 11 is 0. The molecule has 0 saturated carbocycles. The molecule has 0 amide bonds. The van der Waals surface area contributed by atoms with Gasteiger partial charge in [-0.15, -0.1) is 0 Å². The van der Waals surface area contributed by atoms with E-state index in [1.165, 1.54) is 0 Å². The number of esters is 1. The average molecular weight is 483 g/mol. The second-order valence-electron chi connectivity index (χ2n) is 8.64. The number of phosphoric ester groups is 1. The molecule has 0 saturated heterocycles. The third-order valence-corrected chi connectivity index (χ3v) is 5.31. The van der Waals surface area contributed by atoms with Crippen molar-refractivity contribution in [3.63, 3.8) is 0 Å². The number of phosphoric acid groups is 1. The van der Waals surface area contributed by atoms with Gasteiger partial charge in [-0.2, -0.15) is 0 Å². The van der Waals surface area contributed by atoms with Crippen molar-refractivity contribution in [3.8, 4) is 0 Å². The van der Waals surface area contributed by atoms with Crippen molar-refractivity contribution < 1.29 is 28.4 Å². The molecule has 3 aromatic carbocycles. The van der Waals surface area contributed by atoms with Crippen LogP contribution in [0.1, 0.15) is 44.4 Å².